The van der Waals surface area contributed by atoms with Crippen LogP contribution in [0.15, 0.2) is 29.1 Å². The summed E-state index contributed by atoms with van der Waals surface area (Å²) in [5.74, 6) is -0.460. The van der Waals surface area contributed by atoms with Gasteiger partial charge in [0.2, 0.25) is 10.0 Å². The molecule has 1 aliphatic rings. The van der Waals surface area contributed by atoms with Gasteiger partial charge in [0, 0.05) is 39.3 Å². The summed E-state index contributed by atoms with van der Waals surface area (Å²) in [5, 5.41) is 3.17. The molecule has 0 saturated carbocycles. The number of nitrogens with zero attached hydrogens (tertiary/aromatic N) is 3. The molecular weight excluding hydrogens is 358 g/mol. The average Bonchev–Trinajstić information content (AvgIpc) is 2.61. The molecule has 0 atom stereocenters. The number of carbonyl (C=O) groups excluding carboxylic acids is 1. The topological polar surface area (TPSA) is 115 Å². The molecule has 0 bridgehead atoms. The number of carbonyl (C=O) groups is 1. The minimum Gasteiger partial charge on any atom is -0.348 e. The fourth-order valence-corrected chi connectivity index (χ4v) is 3.72. The van der Waals surface area contributed by atoms with Gasteiger partial charge in [-0.05, 0) is 12.1 Å². The Labute approximate surface area is 151 Å². The molecule has 2 N–H and O–H groups in total. The van der Waals surface area contributed by atoms with Gasteiger partial charge < -0.3 is 10.3 Å². The van der Waals surface area contributed by atoms with Gasteiger partial charge in [0.15, 0.2) is 5.82 Å². The van der Waals surface area contributed by atoms with Gasteiger partial charge in [0.1, 0.15) is 0 Å². The molecular formula is C16H21N5O4S. The zero-order chi connectivity index (χ0) is 18.7. The van der Waals surface area contributed by atoms with E-state index in [9.17, 15) is 18.0 Å². The van der Waals surface area contributed by atoms with E-state index in [0.29, 0.717) is 50.2 Å². The molecule has 1 aromatic heterocycles. The van der Waals surface area contributed by atoms with Crippen molar-refractivity contribution in [2.45, 2.75) is 0 Å². The first-order valence-electron chi connectivity index (χ1n) is 8.29. The molecule has 1 aliphatic heterocycles. The third-order valence-electron chi connectivity index (χ3n) is 4.34. The highest BCUT2D eigenvalue weighted by Gasteiger charge is 2.23. The van der Waals surface area contributed by atoms with Crippen molar-refractivity contribution in [1.82, 2.24) is 24.5 Å². The molecule has 1 fully saturated rings. The van der Waals surface area contributed by atoms with Gasteiger partial charge in [-0.25, -0.2) is 13.4 Å². The Bertz CT molecular complexity index is 964. The second-order valence-electron chi connectivity index (χ2n) is 6.19. The number of hydrogen-bond acceptors (Lipinski definition) is 6. The van der Waals surface area contributed by atoms with Gasteiger partial charge in [-0.2, -0.15) is 4.31 Å². The van der Waals surface area contributed by atoms with Crippen LogP contribution in [-0.2, 0) is 10.0 Å². The van der Waals surface area contributed by atoms with E-state index in [4.69, 9.17) is 0 Å². The Hall–Kier alpha value is -2.30. The lowest BCUT2D eigenvalue weighted by atomic mass is 10.2. The number of H-pyrrole nitrogens is 1. The van der Waals surface area contributed by atoms with E-state index >= 15 is 0 Å². The molecule has 10 heteroatoms. The number of piperazine rings is 1. The number of aromatic nitrogens is 2. The van der Waals surface area contributed by atoms with Crippen LogP contribution < -0.4 is 10.9 Å². The summed E-state index contributed by atoms with van der Waals surface area (Å²) in [6.07, 6.45) is 1.21. The number of para-hydroxylation sites is 1. The Morgan fingerprint density at radius 1 is 1.23 bits per heavy atom. The Morgan fingerprint density at radius 3 is 2.62 bits per heavy atom. The van der Waals surface area contributed by atoms with Crippen molar-refractivity contribution >= 4 is 26.8 Å². The van der Waals surface area contributed by atoms with Crippen LogP contribution in [-0.4, -0.2) is 79.0 Å². The molecule has 26 heavy (non-hydrogen) atoms. The summed E-state index contributed by atoms with van der Waals surface area (Å²) in [5.41, 5.74) is 0.121. The van der Waals surface area contributed by atoms with Gasteiger partial charge in [0.25, 0.3) is 11.5 Å². The van der Waals surface area contributed by atoms with Gasteiger partial charge in [-0.3, -0.25) is 14.5 Å². The highest BCUT2D eigenvalue weighted by Crippen LogP contribution is 2.06. The number of amides is 1. The first-order chi connectivity index (χ1) is 12.3. The SMILES string of the molecule is CS(=O)(=O)N1CCN(CCNC(=O)c2nc3ccccc3c(=O)[nH]2)CC1. The normalized spacial score (nSPS) is 16.7. The predicted molar refractivity (Wildman–Crippen MR) is 97.6 cm³/mol. The van der Waals surface area contributed by atoms with Crippen LogP contribution >= 0.6 is 0 Å². The lowest BCUT2D eigenvalue weighted by molar-refractivity contribution is 0.0934. The molecule has 2 aromatic rings. The van der Waals surface area contributed by atoms with E-state index in [-0.39, 0.29) is 11.4 Å². The maximum absolute atomic E-state index is 12.2. The second kappa shape index (κ2) is 7.52. The molecule has 1 aromatic carbocycles. The third kappa shape index (κ3) is 4.26. The molecule has 0 unspecified atom stereocenters. The maximum atomic E-state index is 12.2. The number of rotatable bonds is 5. The summed E-state index contributed by atoms with van der Waals surface area (Å²) in [6, 6.07) is 6.83. The van der Waals surface area contributed by atoms with Crippen LogP contribution in [0.3, 0.4) is 0 Å². The first-order valence-corrected chi connectivity index (χ1v) is 10.1. The highest BCUT2D eigenvalue weighted by atomic mass is 32.2. The van der Waals surface area contributed by atoms with E-state index in [1.165, 1.54) is 10.6 Å². The molecule has 1 amide bonds. The lowest BCUT2D eigenvalue weighted by Gasteiger charge is -2.33. The van der Waals surface area contributed by atoms with Gasteiger partial charge >= 0.3 is 0 Å². The third-order valence-corrected chi connectivity index (χ3v) is 5.64. The Kier molecular flexibility index (Phi) is 5.35. The van der Waals surface area contributed by atoms with E-state index in [1.807, 2.05) is 0 Å². The number of benzene rings is 1. The van der Waals surface area contributed by atoms with Crippen LogP contribution in [0.1, 0.15) is 10.6 Å². The van der Waals surface area contributed by atoms with Crippen LogP contribution in [0, 0.1) is 0 Å². The van der Waals surface area contributed by atoms with Gasteiger partial charge in [-0.1, -0.05) is 12.1 Å². The van der Waals surface area contributed by atoms with Crippen LogP contribution in [0.4, 0.5) is 0 Å². The van der Waals surface area contributed by atoms with E-state index in [0.717, 1.165) is 0 Å². The maximum Gasteiger partial charge on any atom is 0.287 e. The Balaban J connectivity index is 1.53. The summed E-state index contributed by atoms with van der Waals surface area (Å²) in [7, 11) is -3.15. The number of aromatic amines is 1. The van der Waals surface area contributed by atoms with Gasteiger partial charge in [-0.15, -0.1) is 0 Å². The fourth-order valence-electron chi connectivity index (χ4n) is 2.89. The van der Waals surface area contributed by atoms with Crippen molar-refractivity contribution in [3.8, 4) is 0 Å². The van der Waals surface area contributed by atoms with Crippen molar-refractivity contribution in [2.75, 3.05) is 45.5 Å². The molecule has 3 rings (SSSR count). The average molecular weight is 379 g/mol. The van der Waals surface area contributed by atoms with E-state index in [1.54, 1.807) is 24.3 Å². The number of nitrogens with one attached hydrogen (secondary N) is 2. The quantitative estimate of drug-likeness (QED) is 0.705. The van der Waals surface area contributed by atoms with Crippen molar-refractivity contribution in [3.63, 3.8) is 0 Å². The standard InChI is InChI=1S/C16H21N5O4S/c1-26(24,25)21-10-8-20(9-11-21)7-6-17-16(23)14-18-13-5-3-2-4-12(13)15(22)19-14/h2-5H,6-11H2,1H3,(H,17,23)(H,18,19,22). The predicted octanol–water partition coefficient (Wildman–Crippen LogP) is -0.770. The van der Waals surface area contributed by atoms with E-state index in [2.05, 4.69) is 20.2 Å². The molecule has 1 saturated heterocycles. The van der Waals surface area contributed by atoms with Crippen molar-refractivity contribution in [1.29, 1.82) is 0 Å². The van der Waals surface area contributed by atoms with Crippen molar-refractivity contribution in [3.05, 3.63) is 40.4 Å². The second-order valence-corrected chi connectivity index (χ2v) is 8.17. The van der Waals surface area contributed by atoms with Gasteiger partial charge in [0.05, 0.1) is 17.2 Å². The van der Waals surface area contributed by atoms with Crippen LogP contribution in [0.2, 0.25) is 0 Å². The minimum atomic E-state index is -3.15. The number of fused-ring (bicyclic) bond motifs is 1. The van der Waals surface area contributed by atoms with Crippen molar-refractivity contribution in [2.24, 2.45) is 0 Å². The molecule has 0 aliphatic carbocycles. The zero-order valence-electron chi connectivity index (χ0n) is 14.4. The monoisotopic (exact) mass is 379 g/mol. The first kappa shape index (κ1) is 18.5. The smallest absolute Gasteiger partial charge is 0.287 e. The summed E-state index contributed by atoms with van der Waals surface area (Å²) in [4.78, 5) is 33.0. The zero-order valence-corrected chi connectivity index (χ0v) is 15.3. The lowest BCUT2D eigenvalue weighted by Crippen LogP contribution is -2.50. The molecule has 0 radical (unpaired) electrons. The molecule has 9 nitrogen and oxygen atoms in total. The molecule has 0 spiro atoms. The molecule has 2 heterocycles. The van der Waals surface area contributed by atoms with Crippen LogP contribution in [0.5, 0.6) is 0 Å². The summed E-state index contributed by atoms with van der Waals surface area (Å²) < 4.78 is 24.4. The summed E-state index contributed by atoms with van der Waals surface area (Å²) >= 11 is 0. The number of sulfonamides is 1. The minimum absolute atomic E-state index is 0.0180. The number of hydrogen-bond donors (Lipinski definition) is 2. The highest BCUT2D eigenvalue weighted by molar-refractivity contribution is 7.88. The molecule has 140 valence electrons. The van der Waals surface area contributed by atoms with Crippen LogP contribution in [0.25, 0.3) is 10.9 Å². The van der Waals surface area contributed by atoms with Crippen molar-refractivity contribution < 1.29 is 13.2 Å². The largest absolute Gasteiger partial charge is 0.348 e. The summed E-state index contributed by atoms with van der Waals surface area (Å²) in [6.45, 7) is 3.12. The van der Waals surface area contributed by atoms with E-state index < -0.39 is 15.9 Å². The Morgan fingerprint density at radius 2 is 1.92 bits per heavy atom. The fraction of sp³-hybridized carbons (Fsp3) is 0.438.